The fraction of sp³-hybridized carbons (Fsp3) is 0.435. The summed E-state index contributed by atoms with van der Waals surface area (Å²) in [6.45, 7) is 4.91. The summed E-state index contributed by atoms with van der Waals surface area (Å²) >= 11 is 1.19. The molecule has 1 fully saturated rings. The summed E-state index contributed by atoms with van der Waals surface area (Å²) in [5, 5.41) is 0.0807. The zero-order valence-corrected chi connectivity index (χ0v) is 20.7. The van der Waals surface area contributed by atoms with E-state index >= 15 is 0 Å². The Morgan fingerprint density at radius 2 is 1.88 bits per heavy atom. The molecule has 0 N–H and O–H groups in total. The first-order valence-electron chi connectivity index (χ1n) is 10.9. The molecule has 1 amide bonds. The first-order valence-corrected chi connectivity index (χ1v) is 13.2. The first kappa shape index (κ1) is 23.6. The van der Waals surface area contributed by atoms with E-state index in [-0.39, 0.29) is 22.7 Å². The Labute approximate surface area is 197 Å². The van der Waals surface area contributed by atoms with Crippen molar-refractivity contribution in [2.24, 2.45) is 5.92 Å². The highest BCUT2D eigenvalue weighted by molar-refractivity contribution is 7.89. The van der Waals surface area contributed by atoms with Gasteiger partial charge in [-0.2, -0.15) is 4.31 Å². The number of likely N-dealkylation sites (N-methyl/N-ethyl adjacent to an activating group) is 1. The monoisotopic (exact) mass is 488 g/mol. The smallest absolute Gasteiger partial charge is 0.263 e. The molecule has 3 heterocycles. The first-order chi connectivity index (χ1) is 15.7. The summed E-state index contributed by atoms with van der Waals surface area (Å²) < 4.78 is 29.6. The van der Waals surface area contributed by atoms with Crippen molar-refractivity contribution in [3.63, 3.8) is 0 Å². The largest absolute Gasteiger partial charge is 0.340 e. The third-order valence-corrected chi connectivity index (χ3v) is 9.35. The van der Waals surface area contributed by atoms with Crippen molar-refractivity contribution in [3.05, 3.63) is 57.5 Å². The molecule has 0 unspecified atom stereocenters. The fourth-order valence-corrected chi connectivity index (χ4v) is 7.24. The standard InChI is InChI=1S/C23H28N4O4S2/c1-16-9-11-27(12-10-16)33(30,31)21-17(2)32-22-20(21)23(29)26(15-24-22)14-19(28)25(3)13-18-7-5-4-6-8-18/h4-8,15-16H,9-14H2,1-3H3. The van der Waals surface area contributed by atoms with Crippen LogP contribution in [0.3, 0.4) is 0 Å². The number of nitrogens with zero attached hydrogens (tertiary/aromatic N) is 4. The van der Waals surface area contributed by atoms with Gasteiger partial charge in [0.05, 0.1) is 11.7 Å². The van der Waals surface area contributed by atoms with Crippen molar-refractivity contribution in [3.8, 4) is 0 Å². The van der Waals surface area contributed by atoms with Gasteiger partial charge in [0.1, 0.15) is 16.3 Å². The van der Waals surface area contributed by atoms with Gasteiger partial charge in [-0.15, -0.1) is 11.3 Å². The van der Waals surface area contributed by atoms with E-state index in [1.165, 1.54) is 31.4 Å². The highest BCUT2D eigenvalue weighted by atomic mass is 32.2. The van der Waals surface area contributed by atoms with E-state index in [1.54, 1.807) is 14.0 Å². The minimum absolute atomic E-state index is 0.0361. The molecule has 33 heavy (non-hydrogen) atoms. The Morgan fingerprint density at radius 1 is 1.21 bits per heavy atom. The van der Waals surface area contributed by atoms with Crippen LogP contribution in [0.5, 0.6) is 0 Å². The number of aromatic nitrogens is 2. The molecule has 4 rings (SSSR count). The molecule has 0 spiro atoms. The number of carbonyl (C=O) groups excluding carboxylic acids is 1. The molecule has 1 aliphatic heterocycles. The Kier molecular flexibility index (Phi) is 6.69. The lowest BCUT2D eigenvalue weighted by atomic mass is 10.0. The third-order valence-electron chi connectivity index (χ3n) is 6.13. The number of hydrogen-bond donors (Lipinski definition) is 0. The minimum atomic E-state index is -3.83. The van der Waals surface area contributed by atoms with Crippen LogP contribution in [0.1, 0.15) is 30.2 Å². The summed E-state index contributed by atoms with van der Waals surface area (Å²) in [7, 11) is -2.15. The molecule has 0 bridgehead atoms. The van der Waals surface area contributed by atoms with Gasteiger partial charge < -0.3 is 4.90 Å². The Hall–Kier alpha value is -2.56. The SMILES string of the molecule is Cc1sc2ncn(CC(=O)N(C)Cc3ccccc3)c(=O)c2c1S(=O)(=O)N1CCC(C)CC1. The van der Waals surface area contributed by atoms with Crippen LogP contribution in [0.2, 0.25) is 0 Å². The van der Waals surface area contributed by atoms with Crippen molar-refractivity contribution < 1.29 is 13.2 Å². The molecular weight excluding hydrogens is 460 g/mol. The number of rotatable bonds is 6. The van der Waals surface area contributed by atoms with Crippen LogP contribution in [0, 0.1) is 12.8 Å². The van der Waals surface area contributed by atoms with E-state index in [9.17, 15) is 18.0 Å². The minimum Gasteiger partial charge on any atom is -0.340 e. The lowest BCUT2D eigenvalue weighted by Gasteiger charge is -2.29. The topological polar surface area (TPSA) is 92.6 Å². The van der Waals surface area contributed by atoms with Crippen LogP contribution in [0.4, 0.5) is 0 Å². The molecule has 1 aliphatic rings. The van der Waals surface area contributed by atoms with E-state index < -0.39 is 15.6 Å². The van der Waals surface area contributed by atoms with Gasteiger partial charge in [-0.1, -0.05) is 37.3 Å². The van der Waals surface area contributed by atoms with Gasteiger partial charge in [-0.3, -0.25) is 14.2 Å². The number of fused-ring (bicyclic) bond motifs is 1. The highest BCUT2D eigenvalue weighted by Gasteiger charge is 2.33. The lowest BCUT2D eigenvalue weighted by molar-refractivity contribution is -0.131. The Bertz CT molecular complexity index is 1320. The van der Waals surface area contributed by atoms with Crippen LogP contribution >= 0.6 is 11.3 Å². The zero-order valence-electron chi connectivity index (χ0n) is 19.0. The molecule has 1 saturated heterocycles. The zero-order chi connectivity index (χ0) is 23.8. The maximum Gasteiger partial charge on any atom is 0.263 e. The van der Waals surface area contributed by atoms with Crippen LogP contribution < -0.4 is 5.56 Å². The molecule has 2 aromatic heterocycles. The summed E-state index contributed by atoms with van der Waals surface area (Å²) in [5.41, 5.74) is 0.474. The molecule has 10 heteroatoms. The van der Waals surface area contributed by atoms with E-state index in [4.69, 9.17) is 0 Å². The second kappa shape index (κ2) is 9.36. The number of piperidine rings is 1. The maximum absolute atomic E-state index is 13.5. The number of aryl methyl sites for hydroxylation is 1. The normalized spacial score (nSPS) is 15.7. The van der Waals surface area contributed by atoms with Crippen molar-refractivity contribution in [1.29, 1.82) is 0 Å². The van der Waals surface area contributed by atoms with Crippen LogP contribution in [-0.2, 0) is 27.9 Å². The predicted octanol–water partition coefficient (Wildman–Crippen LogP) is 2.85. The van der Waals surface area contributed by atoms with Gasteiger partial charge in [0.2, 0.25) is 15.9 Å². The van der Waals surface area contributed by atoms with E-state index in [1.807, 2.05) is 30.3 Å². The Balaban J connectivity index is 1.65. The summed E-state index contributed by atoms with van der Waals surface area (Å²) in [6, 6.07) is 9.57. The third kappa shape index (κ3) is 4.73. The van der Waals surface area contributed by atoms with Gasteiger partial charge in [-0.05, 0) is 31.2 Å². The molecule has 8 nitrogen and oxygen atoms in total. The van der Waals surface area contributed by atoms with Gasteiger partial charge in [0.25, 0.3) is 5.56 Å². The number of thiophene rings is 1. The van der Waals surface area contributed by atoms with Crippen molar-refractivity contribution in [2.75, 3.05) is 20.1 Å². The number of sulfonamides is 1. The molecule has 0 radical (unpaired) electrons. The molecular formula is C23H28N4O4S2. The van der Waals surface area contributed by atoms with E-state index in [0.29, 0.717) is 35.3 Å². The van der Waals surface area contributed by atoms with E-state index in [0.717, 1.165) is 18.4 Å². The van der Waals surface area contributed by atoms with Crippen molar-refractivity contribution in [1.82, 2.24) is 18.8 Å². The van der Waals surface area contributed by atoms with E-state index in [2.05, 4.69) is 11.9 Å². The van der Waals surface area contributed by atoms with Crippen LogP contribution in [0.25, 0.3) is 10.2 Å². The fourth-order valence-electron chi connectivity index (χ4n) is 4.10. The molecule has 0 aliphatic carbocycles. The van der Waals surface area contributed by atoms with Crippen LogP contribution in [-0.4, -0.2) is 53.2 Å². The number of benzene rings is 1. The average molecular weight is 489 g/mol. The molecule has 0 atom stereocenters. The van der Waals surface area contributed by atoms with Crippen molar-refractivity contribution >= 4 is 37.5 Å². The van der Waals surface area contributed by atoms with Crippen molar-refractivity contribution in [2.45, 2.75) is 44.7 Å². The van der Waals surface area contributed by atoms with Gasteiger partial charge in [0, 0.05) is 31.6 Å². The number of carbonyl (C=O) groups is 1. The Morgan fingerprint density at radius 3 is 2.55 bits per heavy atom. The second-order valence-corrected chi connectivity index (χ2v) is 11.7. The molecule has 1 aromatic carbocycles. The van der Waals surface area contributed by atoms with Gasteiger partial charge in [-0.25, -0.2) is 13.4 Å². The maximum atomic E-state index is 13.5. The predicted molar refractivity (Wildman–Crippen MR) is 129 cm³/mol. The second-order valence-electron chi connectivity index (χ2n) is 8.67. The molecule has 176 valence electrons. The lowest BCUT2D eigenvalue weighted by Crippen LogP contribution is -2.38. The quantitative estimate of drug-likeness (QED) is 0.532. The summed E-state index contributed by atoms with van der Waals surface area (Å²) in [5.74, 6) is 0.220. The van der Waals surface area contributed by atoms with Crippen LogP contribution in [0.15, 0.2) is 46.3 Å². The van der Waals surface area contributed by atoms with Gasteiger partial charge >= 0.3 is 0 Å². The number of hydrogen-bond acceptors (Lipinski definition) is 6. The average Bonchev–Trinajstić information content (AvgIpc) is 3.14. The van der Waals surface area contributed by atoms with Gasteiger partial charge in [0.15, 0.2) is 0 Å². The summed E-state index contributed by atoms with van der Waals surface area (Å²) in [6.07, 6.45) is 2.92. The number of amides is 1. The highest BCUT2D eigenvalue weighted by Crippen LogP contribution is 2.34. The molecule has 3 aromatic rings. The summed E-state index contributed by atoms with van der Waals surface area (Å²) in [4.78, 5) is 32.9. The molecule has 0 saturated carbocycles.